The third-order valence-electron chi connectivity index (χ3n) is 1.89. The fourth-order valence-corrected chi connectivity index (χ4v) is 2.63. The van der Waals surface area contributed by atoms with Crippen LogP contribution < -0.4 is 0 Å². The van der Waals surface area contributed by atoms with Crippen molar-refractivity contribution in [3.8, 4) is 0 Å². The highest BCUT2D eigenvalue weighted by atomic mass is 79.9. The molecule has 0 saturated heterocycles. The number of halogens is 2. The molecule has 5 heteroatoms. The Hall–Kier alpha value is -0.350. The van der Waals surface area contributed by atoms with E-state index in [0.29, 0.717) is 10.2 Å². The van der Waals surface area contributed by atoms with Crippen LogP contribution >= 0.6 is 27.5 Å². The van der Waals surface area contributed by atoms with E-state index in [2.05, 4.69) is 21.0 Å². The summed E-state index contributed by atoms with van der Waals surface area (Å²) in [6.45, 7) is 6.09. The van der Waals surface area contributed by atoms with Gasteiger partial charge in [-0.15, -0.1) is 0 Å². The molecule has 78 valence electrons. The minimum atomic E-state index is -0.498. The zero-order valence-corrected chi connectivity index (χ0v) is 10.9. The minimum Gasteiger partial charge on any atom is -0.274 e. The second kappa shape index (κ2) is 3.66. The van der Waals surface area contributed by atoms with Gasteiger partial charge in [-0.25, -0.2) is 0 Å². The van der Waals surface area contributed by atoms with E-state index in [0.717, 1.165) is 5.69 Å². The molecule has 1 aromatic rings. The van der Waals surface area contributed by atoms with Crippen molar-refractivity contribution in [1.82, 2.24) is 9.78 Å². The van der Waals surface area contributed by atoms with Crippen LogP contribution in [0.4, 0.5) is 0 Å². The first-order valence-corrected chi connectivity index (χ1v) is 5.35. The lowest BCUT2D eigenvalue weighted by molar-refractivity contribution is 0.107. The summed E-state index contributed by atoms with van der Waals surface area (Å²) >= 11 is 8.80. The van der Waals surface area contributed by atoms with Crippen LogP contribution in [0.5, 0.6) is 0 Å². The van der Waals surface area contributed by atoms with Crippen LogP contribution in [0.15, 0.2) is 4.47 Å². The van der Waals surface area contributed by atoms with Gasteiger partial charge in [0.05, 0.1) is 10.2 Å². The van der Waals surface area contributed by atoms with Gasteiger partial charge in [0, 0.05) is 12.5 Å². The van der Waals surface area contributed by atoms with E-state index in [9.17, 15) is 4.79 Å². The first-order chi connectivity index (χ1) is 6.25. The third kappa shape index (κ3) is 2.01. The van der Waals surface area contributed by atoms with Crippen molar-refractivity contribution < 1.29 is 4.79 Å². The number of aryl methyl sites for hydroxylation is 1. The Morgan fingerprint density at radius 1 is 1.50 bits per heavy atom. The minimum absolute atomic E-state index is 0.110. The van der Waals surface area contributed by atoms with Gasteiger partial charge in [0.1, 0.15) is 5.69 Å². The van der Waals surface area contributed by atoms with Gasteiger partial charge in [-0.2, -0.15) is 5.10 Å². The molecule has 0 saturated carbocycles. The monoisotopic (exact) mass is 278 g/mol. The van der Waals surface area contributed by atoms with Crippen LogP contribution in [0.2, 0.25) is 0 Å². The molecule has 0 atom stereocenters. The lowest BCUT2D eigenvalue weighted by atomic mass is 9.92. The van der Waals surface area contributed by atoms with E-state index < -0.39 is 5.24 Å². The predicted molar refractivity (Wildman–Crippen MR) is 59.8 cm³/mol. The molecule has 0 amide bonds. The highest BCUT2D eigenvalue weighted by molar-refractivity contribution is 9.10. The fraction of sp³-hybridized carbons (Fsp3) is 0.556. The lowest BCUT2D eigenvalue weighted by Gasteiger charge is -2.15. The standard InChI is InChI=1S/C9H12BrClN2O/c1-9(2,3)7-5(10)6(8(11)14)13(4)12-7/h1-4H3. The number of carbonyl (C=O) groups is 1. The van der Waals surface area contributed by atoms with Crippen LogP contribution in [0, 0.1) is 0 Å². The van der Waals surface area contributed by atoms with Crippen LogP contribution in [0.25, 0.3) is 0 Å². The van der Waals surface area contributed by atoms with Crippen LogP contribution in [0.3, 0.4) is 0 Å². The van der Waals surface area contributed by atoms with E-state index in [1.165, 1.54) is 4.68 Å². The number of nitrogens with zero attached hydrogens (tertiary/aromatic N) is 2. The molecule has 0 aliphatic heterocycles. The number of carbonyl (C=O) groups excluding carboxylic acids is 1. The number of rotatable bonds is 1. The maximum Gasteiger partial charge on any atom is 0.271 e. The summed E-state index contributed by atoms with van der Waals surface area (Å²) < 4.78 is 2.19. The van der Waals surface area contributed by atoms with Gasteiger partial charge in [-0.1, -0.05) is 20.8 Å². The smallest absolute Gasteiger partial charge is 0.271 e. The Kier molecular flexibility index (Phi) is 3.07. The number of hydrogen-bond acceptors (Lipinski definition) is 2. The van der Waals surface area contributed by atoms with Gasteiger partial charge in [-0.3, -0.25) is 9.48 Å². The van der Waals surface area contributed by atoms with Crippen molar-refractivity contribution in [2.45, 2.75) is 26.2 Å². The van der Waals surface area contributed by atoms with Crippen molar-refractivity contribution in [2.24, 2.45) is 7.05 Å². The molecule has 0 bridgehead atoms. The normalized spacial score (nSPS) is 11.9. The van der Waals surface area contributed by atoms with Crippen molar-refractivity contribution in [1.29, 1.82) is 0 Å². The summed E-state index contributed by atoms with van der Waals surface area (Å²) in [5.41, 5.74) is 1.13. The van der Waals surface area contributed by atoms with Gasteiger partial charge < -0.3 is 0 Å². The van der Waals surface area contributed by atoms with Gasteiger partial charge in [-0.05, 0) is 27.5 Å². The molecule has 0 aliphatic carbocycles. The summed E-state index contributed by atoms with van der Waals surface area (Å²) in [6.07, 6.45) is 0. The molecule has 0 aromatic carbocycles. The van der Waals surface area contributed by atoms with E-state index in [1.807, 2.05) is 20.8 Å². The Morgan fingerprint density at radius 3 is 2.21 bits per heavy atom. The van der Waals surface area contributed by atoms with Crippen molar-refractivity contribution in [3.05, 3.63) is 15.9 Å². The molecule has 0 N–H and O–H groups in total. The molecule has 0 unspecified atom stereocenters. The molecule has 0 fully saturated rings. The summed E-state index contributed by atoms with van der Waals surface area (Å²) in [6, 6.07) is 0. The lowest BCUT2D eigenvalue weighted by Crippen LogP contribution is -2.13. The molecule has 1 aromatic heterocycles. The summed E-state index contributed by atoms with van der Waals surface area (Å²) in [5.74, 6) is 0. The first-order valence-electron chi connectivity index (χ1n) is 4.18. The molecular formula is C9H12BrClN2O. The van der Waals surface area contributed by atoms with Crippen LogP contribution in [-0.4, -0.2) is 15.0 Å². The predicted octanol–water partition coefficient (Wildman–Crippen LogP) is 2.86. The highest BCUT2D eigenvalue weighted by Gasteiger charge is 2.26. The maximum atomic E-state index is 11.1. The van der Waals surface area contributed by atoms with Crippen molar-refractivity contribution in [2.75, 3.05) is 0 Å². The quantitative estimate of drug-likeness (QED) is 0.741. The Balaban J connectivity index is 3.39. The summed E-state index contributed by atoms with van der Waals surface area (Å²) in [4.78, 5) is 11.1. The molecular weight excluding hydrogens is 267 g/mol. The maximum absolute atomic E-state index is 11.1. The Labute approximate surface area is 96.6 Å². The first kappa shape index (κ1) is 11.7. The van der Waals surface area contributed by atoms with Crippen LogP contribution in [0.1, 0.15) is 37.0 Å². The molecule has 1 heterocycles. The Bertz CT molecular complexity index is 379. The van der Waals surface area contributed by atoms with Crippen molar-refractivity contribution >= 4 is 32.8 Å². The number of hydrogen-bond donors (Lipinski definition) is 0. The zero-order valence-electron chi connectivity index (χ0n) is 8.56. The summed E-state index contributed by atoms with van der Waals surface area (Å²) in [5, 5.41) is 3.77. The topological polar surface area (TPSA) is 34.9 Å². The molecule has 3 nitrogen and oxygen atoms in total. The van der Waals surface area contributed by atoms with Gasteiger partial charge in [0.15, 0.2) is 0 Å². The number of aromatic nitrogens is 2. The second-order valence-corrected chi connectivity index (χ2v) is 5.29. The molecule has 0 aliphatic rings. The average molecular weight is 280 g/mol. The van der Waals surface area contributed by atoms with Crippen molar-refractivity contribution in [3.63, 3.8) is 0 Å². The largest absolute Gasteiger partial charge is 0.274 e. The van der Waals surface area contributed by atoms with Gasteiger partial charge in [0.25, 0.3) is 5.24 Å². The summed E-state index contributed by atoms with van der Waals surface area (Å²) in [7, 11) is 1.70. The van der Waals surface area contributed by atoms with E-state index in [4.69, 9.17) is 11.6 Å². The second-order valence-electron chi connectivity index (χ2n) is 4.16. The molecule has 0 radical (unpaired) electrons. The van der Waals surface area contributed by atoms with E-state index in [-0.39, 0.29) is 5.41 Å². The SMILES string of the molecule is Cn1nc(C(C)(C)C)c(Br)c1C(=O)Cl. The molecule has 1 rings (SSSR count). The zero-order chi connectivity index (χ0) is 11.1. The third-order valence-corrected chi connectivity index (χ3v) is 2.82. The van der Waals surface area contributed by atoms with Gasteiger partial charge in [0.2, 0.25) is 0 Å². The average Bonchev–Trinajstić information content (AvgIpc) is 2.24. The van der Waals surface area contributed by atoms with E-state index in [1.54, 1.807) is 7.05 Å². The molecule has 14 heavy (non-hydrogen) atoms. The fourth-order valence-electron chi connectivity index (χ4n) is 1.19. The Morgan fingerprint density at radius 2 is 2.00 bits per heavy atom. The molecule has 0 spiro atoms. The van der Waals surface area contributed by atoms with Gasteiger partial charge >= 0.3 is 0 Å². The highest BCUT2D eigenvalue weighted by Crippen LogP contribution is 2.31. The van der Waals surface area contributed by atoms with Crippen LogP contribution in [-0.2, 0) is 12.5 Å². The van der Waals surface area contributed by atoms with E-state index >= 15 is 0 Å².